The van der Waals surface area contributed by atoms with Crippen molar-refractivity contribution in [1.29, 1.82) is 0 Å². The number of fused-ring (bicyclic) bond motifs is 1. The highest BCUT2D eigenvalue weighted by Gasteiger charge is 2.21. The number of pyridine rings is 1. The molecule has 4 aromatic rings. The Kier molecular flexibility index (Phi) is 7.61. The van der Waals surface area contributed by atoms with Crippen LogP contribution in [0.5, 0.6) is 0 Å². The van der Waals surface area contributed by atoms with Crippen molar-refractivity contribution >= 4 is 26.6 Å². The summed E-state index contributed by atoms with van der Waals surface area (Å²) in [5.74, 6) is -0.111. The van der Waals surface area contributed by atoms with Gasteiger partial charge >= 0.3 is 0 Å². The Morgan fingerprint density at radius 3 is 2.17 bits per heavy atom. The molecule has 0 unspecified atom stereocenters. The quantitative estimate of drug-likeness (QED) is 0.348. The molecule has 1 amide bonds. The zero-order valence-corrected chi connectivity index (χ0v) is 20.9. The van der Waals surface area contributed by atoms with E-state index in [4.69, 9.17) is 4.98 Å². The predicted octanol–water partition coefficient (Wildman–Crippen LogP) is 5.30. The van der Waals surface area contributed by atoms with Gasteiger partial charge in [-0.1, -0.05) is 85.8 Å². The van der Waals surface area contributed by atoms with Crippen molar-refractivity contribution in [3.8, 4) is 11.3 Å². The van der Waals surface area contributed by atoms with Crippen LogP contribution in [-0.2, 0) is 27.5 Å². The number of aromatic nitrogens is 1. The van der Waals surface area contributed by atoms with Gasteiger partial charge in [-0.25, -0.2) is 13.4 Å². The molecular formula is C29H30N2O3S. The van der Waals surface area contributed by atoms with Crippen LogP contribution in [-0.4, -0.2) is 31.3 Å². The van der Waals surface area contributed by atoms with Gasteiger partial charge in [0, 0.05) is 17.2 Å². The molecule has 1 heterocycles. The smallest absolute Gasteiger partial charge is 0.224 e. The van der Waals surface area contributed by atoms with E-state index in [2.05, 4.69) is 5.32 Å². The first-order valence-corrected chi connectivity index (χ1v) is 13.9. The summed E-state index contributed by atoms with van der Waals surface area (Å²) in [6.07, 6.45) is 2.44. The minimum absolute atomic E-state index is 0.0108. The second-order valence-corrected chi connectivity index (χ2v) is 11.1. The fourth-order valence-electron chi connectivity index (χ4n) is 4.43. The molecule has 0 bridgehead atoms. The molecule has 3 aromatic carbocycles. The van der Waals surface area contributed by atoms with E-state index >= 15 is 0 Å². The van der Waals surface area contributed by atoms with Crippen molar-refractivity contribution in [2.75, 3.05) is 12.0 Å². The summed E-state index contributed by atoms with van der Waals surface area (Å²) in [5, 5.41) is 4.05. The number of carbonyl (C=O) groups excluding carboxylic acids is 1. The third-order valence-electron chi connectivity index (χ3n) is 6.16. The van der Waals surface area contributed by atoms with Crippen LogP contribution in [0.15, 0.2) is 84.9 Å². The summed E-state index contributed by atoms with van der Waals surface area (Å²) in [7, 11) is -3.21. The van der Waals surface area contributed by atoms with Crippen molar-refractivity contribution in [3.05, 3.63) is 102 Å². The van der Waals surface area contributed by atoms with Crippen LogP contribution in [0.3, 0.4) is 0 Å². The Morgan fingerprint density at radius 2 is 1.51 bits per heavy atom. The maximum atomic E-state index is 13.4. The zero-order valence-electron chi connectivity index (χ0n) is 20.1. The number of hydrogen-bond acceptors (Lipinski definition) is 4. The Bertz CT molecular complexity index is 1420. The highest BCUT2D eigenvalue weighted by molar-refractivity contribution is 7.90. The SMILES string of the molecule is CC[C@H](NC(=O)Cc1c(CCS(C)(=O)=O)c(-c2ccccc2)nc2ccccc12)c1ccccc1. The fraction of sp³-hybridized carbons (Fsp3) is 0.241. The van der Waals surface area contributed by atoms with E-state index in [-0.39, 0.29) is 24.1 Å². The van der Waals surface area contributed by atoms with E-state index in [0.717, 1.165) is 45.3 Å². The van der Waals surface area contributed by atoms with E-state index in [0.29, 0.717) is 6.42 Å². The van der Waals surface area contributed by atoms with E-state index in [1.807, 2.05) is 91.9 Å². The maximum Gasteiger partial charge on any atom is 0.224 e. The number of amides is 1. The number of hydrogen-bond donors (Lipinski definition) is 1. The van der Waals surface area contributed by atoms with Gasteiger partial charge in [0.25, 0.3) is 0 Å². The van der Waals surface area contributed by atoms with Gasteiger partial charge in [0.15, 0.2) is 0 Å². The molecule has 1 aromatic heterocycles. The van der Waals surface area contributed by atoms with Crippen LogP contribution in [0, 0.1) is 0 Å². The number of benzene rings is 3. The first kappa shape index (κ1) is 24.6. The second-order valence-electron chi connectivity index (χ2n) is 8.80. The third kappa shape index (κ3) is 6.14. The minimum atomic E-state index is -3.21. The molecule has 1 N–H and O–H groups in total. The van der Waals surface area contributed by atoms with Crippen LogP contribution in [0.4, 0.5) is 0 Å². The summed E-state index contributed by atoms with van der Waals surface area (Å²) < 4.78 is 24.2. The molecular weight excluding hydrogens is 456 g/mol. The number of rotatable bonds is 9. The minimum Gasteiger partial charge on any atom is -0.349 e. The van der Waals surface area contributed by atoms with E-state index in [1.54, 1.807) is 0 Å². The maximum absolute atomic E-state index is 13.4. The number of sulfone groups is 1. The molecule has 0 aliphatic carbocycles. The van der Waals surface area contributed by atoms with Gasteiger partial charge < -0.3 is 5.32 Å². The Labute approximate surface area is 207 Å². The largest absolute Gasteiger partial charge is 0.349 e. The molecule has 0 radical (unpaired) electrons. The molecule has 0 saturated heterocycles. The third-order valence-corrected chi connectivity index (χ3v) is 7.11. The molecule has 0 aliphatic heterocycles. The van der Waals surface area contributed by atoms with Gasteiger partial charge in [0.05, 0.1) is 29.4 Å². The highest BCUT2D eigenvalue weighted by Crippen LogP contribution is 2.31. The standard InChI is InChI=1S/C29H30N2O3S/c1-3-26(21-12-6-4-7-13-21)30-28(32)20-25-23-16-10-11-17-27(23)31-29(22-14-8-5-9-15-22)24(25)18-19-35(2,33)34/h4-17,26H,3,18-20H2,1-2H3,(H,30,32)/t26-/m0/s1. The molecule has 35 heavy (non-hydrogen) atoms. The van der Waals surface area contributed by atoms with Gasteiger partial charge in [-0.2, -0.15) is 0 Å². The van der Waals surface area contributed by atoms with E-state index in [1.165, 1.54) is 6.26 Å². The van der Waals surface area contributed by atoms with Gasteiger partial charge in [-0.05, 0) is 35.6 Å². The van der Waals surface area contributed by atoms with Gasteiger partial charge in [0.2, 0.25) is 5.91 Å². The Morgan fingerprint density at radius 1 is 0.886 bits per heavy atom. The number of carbonyl (C=O) groups is 1. The molecule has 0 saturated carbocycles. The second kappa shape index (κ2) is 10.8. The van der Waals surface area contributed by atoms with Crippen LogP contribution < -0.4 is 5.32 Å². The summed E-state index contributed by atoms with van der Waals surface area (Å²) >= 11 is 0. The van der Waals surface area contributed by atoms with Crippen LogP contribution in [0.2, 0.25) is 0 Å². The van der Waals surface area contributed by atoms with Crippen LogP contribution in [0.25, 0.3) is 22.2 Å². The lowest BCUT2D eigenvalue weighted by Crippen LogP contribution is -2.30. The van der Waals surface area contributed by atoms with E-state index in [9.17, 15) is 13.2 Å². The first-order valence-electron chi connectivity index (χ1n) is 11.8. The zero-order chi connectivity index (χ0) is 24.8. The van der Waals surface area contributed by atoms with Crippen LogP contribution >= 0.6 is 0 Å². The Balaban J connectivity index is 1.79. The Hall–Kier alpha value is -3.51. The lowest BCUT2D eigenvalue weighted by molar-refractivity contribution is -0.121. The predicted molar refractivity (Wildman–Crippen MR) is 142 cm³/mol. The molecule has 5 nitrogen and oxygen atoms in total. The molecule has 0 aliphatic rings. The molecule has 1 atom stereocenters. The normalized spacial score (nSPS) is 12.4. The summed E-state index contributed by atoms with van der Waals surface area (Å²) in [6, 6.07) is 27.3. The number of nitrogens with one attached hydrogen (secondary N) is 1. The highest BCUT2D eigenvalue weighted by atomic mass is 32.2. The van der Waals surface area contributed by atoms with Crippen molar-refractivity contribution in [2.24, 2.45) is 0 Å². The average molecular weight is 487 g/mol. The first-order chi connectivity index (χ1) is 16.9. The van der Waals surface area contributed by atoms with Crippen molar-refractivity contribution in [1.82, 2.24) is 10.3 Å². The number of para-hydroxylation sites is 1. The van der Waals surface area contributed by atoms with Gasteiger partial charge in [-0.3, -0.25) is 4.79 Å². The topological polar surface area (TPSA) is 76.1 Å². The van der Waals surface area contributed by atoms with Crippen LogP contribution in [0.1, 0.15) is 36.1 Å². The van der Waals surface area contributed by atoms with Crippen molar-refractivity contribution in [2.45, 2.75) is 32.2 Å². The monoisotopic (exact) mass is 486 g/mol. The lowest BCUT2D eigenvalue weighted by atomic mass is 9.92. The molecule has 4 rings (SSSR count). The summed E-state index contributed by atoms with van der Waals surface area (Å²) in [4.78, 5) is 18.3. The summed E-state index contributed by atoms with van der Waals surface area (Å²) in [6.45, 7) is 2.05. The van der Waals surface area contributed by atoms with Gasteiger partial charge in [0.1, 0.15) is 9.84 Å². The average Bonchev–Trinajstić information content (AvgIpc) is 2.87. The molecule has 0 fully saturated rings. The van der Waals surface area contributed by atoms with E-state index < -0.39 is 9.84 Å². The van der Waals surface area contributed by atoms with Crippen molar-refractivity contribution < 1.29 is 13.2 Å². The van der Waals surface area contributed by atoms with Crippen molar-refractivity contribution in [3.63, 3.8) is 0 Å². The lowest BCUT2D eigenvalue weighted by Gasteiger charge is -2.20. The molecule has 0 spiro atoms. The molecule has 180 valence electrons. The fourth-order valence-corrected chi connectivity index (χ4v) is 5.00. The number of nitrogens with zero attached hydrogens (tertiary/aromatic N) is 1. The van der Waals surface area contributed by atoms with Gasteiger partial charge in [-0.15, -0.1) is 0 Å². The molecule has 6 heteroatoms. The summed E-state index contributed by atoms with van der Waals surface area (Å²) in [5.41, 5.74) is 5.12.